The summed E-state index contributed by atoms with van der Waals surface area (Å²) < 4.78 is 155. The summed E-state index contributed by atoms with van der Waals surface area (Å²) in [6, 6.07) is 2.67. The highest BCUT2D eigenvalue weighted by Crippen LogP contribution is 2.71. The van der Waals surface area contributed by atoms with Gasteiger partial charge in [-0.1, -0.05) is 12.1 Å². The number of hydrogen-bond acceptors (Lipinski definition) is 2. The van der Waals surface area contributed by atoms with Crippen LogP contribution in [-0.4, -0.2) is 47.5 Å². The van der Waals surface area contributed by atoms with E-state index in [1.807, 2.05) is 0 Å². The predicted molar refractivity (Wildman–Crippen MR) is 66.5 cm³/mol. The molecular formula is C14H9F11O2. The zero-order chi connectivity index (χ0) is 21.3. The second kappa shape index (κ2) is 5.61. The van der Waals surface area contributed by atoms with Gasteiger partial charge in [-0.05, 0) is 17.7 Å². The van der Waals surface area contributed by atoms with Gasteiger partial charge in [0.2, 0.25) is 0 Å². The topological polar surface area (TPSA) is 29.5 Å². The molecule has 1 atom stereocenters. The quantitative estimate of drug-likeness (QED) is 0.726. The Morgan fingerprint density at radius 1 is 0.741 bits per heavy atom. The Balaban J connectivity index is 2.81. The predicted octanol–water partition coefficient (Wildman–Crippen LogP) is 4.63. The third kappa shape index (κ3) is 2.17. The highest BCUT2D eigenvalue weighted by molar-refractivity contribution is 5.36. The Morgan fingerprint density at radius 3 is 1.56 bits per heavy atom. The van der Waals surface area contributed by atoms with Gasteiger partial charge >= 0.3 is 29.6 Å². The first-order valence-electron chi connectivity index (χ1n) is 6.85. The van der Waals surface area contributed by atoms with Crippen molar-refractivity contribution in [3.8, 4) is 5.75 Å². The molecule has 0 aliphatic heterocycles. The number of alkyl halides is 11. The lowest BCUT2D eigenvalue weighted by atomic mass is 9.68. The van der Waals surface area contributed by atoms with Gasteiger partial charge in [0.25, 0.3) is 5.67 Å². The molecule has 0 amide bonds. The Kier molecular flexibility index (Phi) is 4.47. The first-order chi connectivity index (χ1) is 11.9. The van der Waals surface area contributed by atoms with Crippen molar-refractivity contribution in [2.45, 2.75) is 41.4 Å². The molecule has 2 nitrogen and oxygen atoms in total. The van der Waals surface area contributed by atoms with Crippen LogP contribution in [0.25, 0.3) is 0 Å². The van der Waals surface area contributed by atoms with Gasteiger partial charge in [-0.2, -0.15) is 43.9 Å². The smallest absolute Gasteiger partial charge is 0.384 e. The van der Waals surface area contributed by atoms with Crippen LogP contribution in [0.4, 0.5) is 48.3 Å². The molecule has 0 aromatic heterocycles. The summed E-state index contributed by atoms with van der Waals surface area (Å²) in [5.41, 5.74) is -7.81. The number of aliphatic hydroxyl groups is 1. The van der Waals surface area contributed by atoms with Gasteiger partial charge in [0.05, 0.1) is 7.11 Å². The van der Waals surface area contributed by atoms with E-state index in [0.717, 1.165) is 19.2 Å². The lowest BCUT2D eigenvalue weighted by Gasteiger charge is -2.53. The lowest BCUT2D eigenvalue weighted by molar-refractivity contribution is -0.494. The summed E-state index contributed by atoms with van der Waals surface area (Å²) in [6.07, 6.45) is -4.05. The maximum atomic E-state index is 14.7. The molecule has 0 bridgehead atoms. The number of rotatable bonds is 3. The molecule has 0 heterocycles. The van der Waals surface area contributed by atoms with Crippen LogP contribution >= 0.6 is 0 Å². The second-order valence-electron chi connectivity index (χ2n) is 5.76. The molecule has 154 valence electrons. The van der Waals surface area contributed by atoms with Crippen LogP contribution in [0.1, 0.15) is 11.7 Å². The molecule has 0 radical (unpaired) electrons. The molecule has 1 unspecified atom stereocenters. The third-order valence-electron chi connectivity index (χ3n) is 4.28. The number of halogens is 11. The van der Waals surface area contributed by atoms with Crippen LogP contribution in [0.3, 0.4) is 0 Å². The van der Waals surface area contributed by atoms with Gasteiger partial charge in [0.15, 0.2) is 0 Å². The molecule has 1 aliphatic rings. The van der Waals surface area contributed by atoms with Crippen molar-refractivity contribution in [2.75, 3.05) is 7.11 Å². The Hall–Kier alpha value is -1.79. The second-order valence-corrected chi connectivity index (χ2v) is 5.76. The molecule has 1 aromatic rings. The molecule has 0 spiro atoms. The number of hydrogen-bond donors (Lipinski definition) is 1. The van der Waals surface area contributed by atoms with Gasteiger partial charge in [0.1, 0.15) is 11.9 Å². The lowest BCUT2D eigenvalue weighted by Crippen LogP contribution is -2.84. The van der Waals surface area contributed by atoms with Crippen molar-refractivity contribution >= 4 is 0 Å². The average Bonchev–Trinajstić information content (AvgIpc) is 2.58. The molecular weight excluding hydrogens is 409 g/mol. The monoisotopic (exact) mass is 418 g/mol. The first kappa shape index (κ1) is 21.5. The van der Waals surface area contributed by atoms with E-state index in [2.05, 4.69) is 4.74 Å². The molecule has 0 saturated heterocycles. The van der Waals surface area contributed by atoms with Crippen molar-refractivity contribution in [1.29, 1.82) is 0 Å². The largest absolute Gasteiger partial charge is 0.497 e. The van der Waals surface area contributed by atoms with Crippen LogP contribution in [-0.2, 0) is 0 Å². The molecule has 1 aliphatic carbocycles. The zero-order valence-corrected chi connectivity index (χ0v) is 12.9. The van der Waals surface area contributed by atoms with Gasteiger partial charge in [-0.25, -0.2) is 4.39 Å². The van der Waals surface area contributed by atoms with Gasteiger partial charge in [-0.3, -0.25) is 0 Å². The average molecular weight is 418 g/mol. The van der Waals surface area contributed by atoms with E-state index in [1.54, 1.807) is 0 Å². The summed E-state index contributed by atoms with van der Waals surface area (Å²) in [4.78, 5) is 0. The molecule has 27 heavy (non-hydrogen) atoms. The van der Waals surface area contributed by atoms with E-state index >= 15 is 0 Å². The minimum Gasteiger partial charge on any atom is -0.497 e. The standard InChI is InChI=1S/C14H9F11O2/c1-27-7-4-2-3-6(5-7)8(26)9(15)10(16,17)12(20,21)14(24,25)13(22,23)11(9,18)19/h2-5,8,26H,1H3. The molecule has 1 N–H and O–H groups in total. The number of ether oxygens (including phenoxy) is 1. The van der Waals surface area contributed by atoms with Gasteiger partial charge < -0.3 is 9.84 Å². The Labute approximate surface area is 143 Å². The van der Waals surface area contributed by atoms with Gasteiger partial charge in [0, 0.05) is 0 Å². The number of benzene rings is 1. The Morgan fingerprint density at radius 2 is 1.15 bits per heavy atom. The van der Waals surface area contributed by atoms with E-state index in [-0.39, 0.29) is 5.75 Å². The van der Waals surface area contributed by atoms with Crippen LogP contribution in [0.15, 0.2) is 24.3 Å². The fourth-order valence-corrected chi connectivity index (χ4v) is 2.63. The van der Waals surface area contributed by atoms with Crippen molar-refractivity contribution in [1.82, 2.24) is 0 Å². The summed E-state index contributed by atoms with van der Waals surface area (Å²) in [5, 5.41) is 9.63. The van der Waals surface area contributed by atoms with Crippen LogP contribution in [0, 0.1) is 0 Å². The Bertz CT molecular complexity index is 702. The van der Waals surface area contributed by atoms with Crippen molar-refractivity contribution in [2.24, 2.45) is 0 Å². The van der Waals surface area contributed by atoms with E-state index in [4.69, 9.17) is 0 Å². The van der Waals surface area contributed by atoms with Crippen LogP contribution < -0.4 is 4.74 Å². The third-order valence-corrected chi connectivity index (χ3v) is 4.28. The summed E-state index contributed by atoms with van der Waals surface area (Å²) in [5.74, 6) is -36.4. The van der Waals surface area contributed by atoms with E-state index in [9.17, 15) is 53.4 Å². The minimum atomic E-state index is -7.32. The van der Waals surface area contributed by atoms with Crippen molar-refractivity contribution in [3.05, 3.63) is 29.8 Å². The number of aliphatic hydroxyl groups excluding tert-OH is 1. The fourth-order valence-electron chi connectivity index (χ4n) is 2.63. The van der Waals surface area contributed by atoms with Gasteiger partial charge in [-0.15, -0.1) is 0 Å². The summed E-state index contributed by atoms with van der Waals surface area (Å²) in [7, 11) is 0.948. The van der Waals surface area contributed by atoms with Crippen molar-refractivity contribution in [3.63, 3.8) is 0 Å². The maximum Gasteiger partial charge on any atom is 0.384 e. The fraction of sp³-hybridized carbons (Fsp3) is 0.571. The molecule has 1 aromatic carbocycles. The molecule has 1 fully saturated rings. The van der Waals surface area contributed by atoms with Crippen LogP contribution in [0.5, 0.6) is 5.75 Å². The summed E-state index contributed by atoms with van der Waals surface area (Å²) >= 11 is 0. The first-order valence-corrected chi connectivity index (χ1v) is 6.85. The number of methoxy groups -OCH3 is 1. The molecule has 1 saturated carbocycles. The zero-order valence-electron chi connectivity index (χ0n) is 12.9. The maximum absolute atomic E-state index is 14.7. The van der Waals surface area contributed by atoms with E-state index in [1.165, 1.54) is 0 Å². The normalized spacial score (nSPS) is 27.6. The van der Waals surface area contributed by atoms with E-state index in [0.29, 0.717) is 12.1 Å². The molecule has 2 rings (SSSR count). The van der Waals surface area contributed by atoms with Crippen molar-refractivity contribution < 1.29 is 58.1 Å². The van der Waals surface area contributed by atoms with Crippen LogP contribution in [0.2, 0.25) is 0 Å². The summed E-state index contributed by atoms with van der Waals surface area (Å²) in [6.45, 7) is 0. The molecule has 13 heteroatoms. The highest BCUT2D eigenvalue weighted by atomic mass is 19.4. The highest BCUT2D eigenvalue weighted by Gasteiger charge is 3.02. The SMILES string of the molecule is COc1cccc(C(O)C2(F)C(F)(F)C(F)(F)C(F)(F)C(F)(F)C2(F)F)c1. The minimum absolute atomic E-state index is 0.388. The van der Waals surface area contributed by atoms with E-state index < -0.39 is 46.9 Å².